The summed E-state index contributed by atoms with van der Waals surface area (Å²) in [6.45, 7) is 6.77. The summed E-state index contributed by atoms with van der Waals surface area (Å²) in [5.41, 5.74) is 3.83. The van der Waals surface area contributed by atoms with Crippen LogP contribution < -0.4 is 10.2 Å². The molecule has 1 heterocycles. The van der Waals surface area contributed by atoms with E-state index in [1.807, 2.05) is 4.90 Å². The van der Waals surface area contributed by atoms with Gasteiger partial charge in [-0.25, -0.2) is 0 Å². The Kier molecular flexibility index (Phi) is 4.29. The minimum absolute atomic E-state index is 0.217. The second-order valence-corrected chi connectivity index (χ2v) is 6.77. The average molecular weight is 286 g/mol. The maximum Gasteiger partial charge on any atom is 0.240 e. The van der Waals surface area contributed by atoms with Crippen molar-refractivity contribution in [2.75, 3.05) is 24.5 Å². The summed E-state index contributed by atoms with van der Waals surface area (Å²) in [7, 11) is 0. The molecule has 21 heavy (non-hydrogen) atoms. The zero-order valence-electron chi connectivity index (χ0n) is 13.2. The zero-order chi connectivity index (χ0) is 14.8. The molecule has 3 rings (SSSR count). The number of hydrogen-bond donors (Lipinski definition) is 1. The van der Waals surface area contributed by atoms with Crippen molar-refractivity contribution >= 4 is 11.6 Å². The second-order valence-electron chi connectivity index (χ2n) is 6.77. The van der Waals surface area contributed by atoms with Gasteiger partial charge in [-0.05, 0) is 61.3 Å². The Labute approximate surface area is 127 Å². The monoisotopic (exact) mass is 286 g/mol. The Bertz CT molecular complexity index is 520. The van der Waals surface area contributed by atoms with E-state index >= 15 is 0 Å². The first-order valence-electron chi connectivity index (χ1n) is 8.29. The molecule has 0 bridgehead atoms. The van der Waals surface area contributed by atoms with E-state index in [1.54, 1.807) is 0 Å². The summed E-state index contributed by atoms with van der Waals surface area (Å²) >= 11 is 0. The Hall–Kier alpha value is -1.35. The number of aryl methyl sites for hydroxylation is 1. The molecule has 3 nitrogen and oxygen atoms in total. The van der Waals surface area contributed by atoms with Crippen LogP contribution in [-0.4, -0.2) is 25.5 Å². The molecule has 0 saturated heterocycles. The minimum atomic E-state index is 0.217. The lowest BCUT2D eigenvalue weighted by molar-refractivity contribution is -0.117. The van der Waals surface area contributed by atoms with E-state index < -0.39 is 0 Å². The summed E-state index contributed by atoms with van der Waals surface area (Å²) in [4.78, 5) is 14.4. The number of anilines is 1. The van der Waals surface area contributed by atoms with Crippen LogP contribution in [0.3, 0.4) is 0 Å². The summed E-state index contributed by atoms with van der Waals surface area (Å²) in [6.07, 6.45) is 4.82. The lowest BCUT2D eigenvalue weighted by Crippen LogP contribution is -2.41. The smallest absolute Gasteiger partial charge is 0.240 e. The van der Waals surface area contributed by atoms with Crippen molar-refractivity contribution in [1.82, 2.24) is 5.32 Å². The van der Waals surface area contributed by atoms with Gasteiger partial charge in [-0.1, -0.05) is 26.0 Å². The minimum Gasteiger partial charge on any atom is -0.311 e. The highest BCUT2D eigenvalue weighted by Crippen LogP contribution is 2.30. The van der Waals surface area contributed by atoms with Crippen molar-refractivity contribution in [3.8, 4) is 0 Å². The standard InChI is InChI=1S/C18H26N2O/c1-13(2)15-7-8-17-16(10-15)4-3-9-20(17)18(21)12-19-11-14-5-6-14/h7-8,10,13-14,19H,3-6,9,11-12H2,1-2H3. The van der Waals surface area contributed by atoms with Crippen LogP contribution in [0.15, 0.2) is 18.2 Å². The highest BCUT2D eigenvalue weighted by Gasteiger charge is 2.24. The number of carbonyl (C=O) groups is 1. The molecule has 114 valence electrons. The van der Waals surface area contributed by atoms with Crippen molar-refractivity contribution in [3.05, 3.63) is 29.3 Å². The van der Waals surface area contributed by atoms with Crippen molar-refractivity contribution in [2.45, 2.75) is 45.4 Å². The molecule has 1 fully saturated rings. The molecule has 1 aliphatic carbocycles. The summed E-state index contributed by atoms with van der Waals surface area (Å²) in [5.74, 6) is 1.58. The Morgan fingerprint density at radius 2 is 2.19 bits per heavy atom. The molecule has 1 amide bonds. The van der Waals surface area contributed by atoms with Gasteiger partial charge in [0.2, 0.25) is 5.91 Å². The van der Waals surface area contributed by atoms with Crippen LogP contribution in [0.2, 0.25) is 0 Å². The molecule has 0 aromatic heterocycles. The van der Waals surface area contributed by atoms with Crippen molar-refractivity contribution in [3.63, 3.8) is 0 Å². The molecule has 1 aromatic rings. The Morgan fingerprint density at radius 1 is 1.38 bits per heavy atom. The number of carbonyl (C=O) groups excluding carboxylic acids is 1. The first-order valence-corrected chi connectivity index (χ1v) is 8.29. The third kappa shape index (κ3) is 3.46. The number of hydrogen-bond acceptors (Lipinski definition) is 2. The maximum atomic E-state index is 12.4. The predicted molar refractivity (Wildman–Crippen MR) is 86.8 cm³/mol. The van der Waals surface area contributed by atoms with Crippen LogP contribution in [0.5, 0.6) is 0 Å². The van der Waals surface area contributed by atoms with Gasteiger partial charge in [0.1, 0.15) is 0 Å². The van der Waals surface area contributed by atoms with E-state index in [0.29, 0.717) is 12.5 Å². The first-order chi connectivity index (χ1) is 10.1. The topological polar surface area (TPSA) is 32.3 Å². The van der Waals surface area contributed by atoms with E-state index in [-0.39, 0.29) is 5.91 Å². The summed E-state index contributed by atoms with van der Waals surface area (Å²) in [6, 6.07) is 6.60. The number of nitrogens with zero attached hydrogens (tertiary/aromatic N) is 1. The van der Waals surface area contributed by atoms with E-state index in [0.717, 1.165) is 37.5 Å². The van der Waals surface area contributed by atoms with E-state index in [9.17, 15) is 4.79 Å². The average Bonchev–Trinajstić information content (AvgIpc) is 3.30. The number of benzene rings is 1. The zero-order valence-corrected chi connectivity index (χ0v) is 13.2. The summed E-state index contributed by atoms with van der Waals surface area (Å²) in [5, 5.41) is 3.31. The first kappa shape index (κ1) is 14.6. The third-order valence-electron chi connectivity index (χ3n) is 4.60. The van der Waals surface area contributed by atoms with Gasteiger partial charge in [0, 0.05) is 12.2 Å². The quantitative estimate of drug-likeness (QED) is 0.902. The van der Waals surface area contributed by atoms with Crippen LogP contribution in [0.4, 0.5) is 5.69 Å². The van der Waals surface area contributed by atoms with Gasteiger partial charge in [-0.3, -0.25) is 4.79 Å². The highest BCUT2D eigenvalue weighted by atomic mass is 16.2. The van der Waals surface area contributed by atoms with Gasteiger partial charge >= 0.3 is 0 Å². The number of rotatable bonds is 5. The van der Waals surface area contributed by atoms with Crippen molar-refractivity contribution in [1.29, 1.82) is 0 Å². The van der Waals surface area contributed by atoms with E-state index in [1.165, 1.54) is 24.0 Å². The molecule has 1 N–H and O–H groups in total. The molecule has 3 heteroatoms. The van der Waals surface area contributed by atoms with Gasteiger partial charge in [0.25, 0.3) is 0 Å². The molecule has 0 atom stereocenters. The van der Waals surface area contributed by atoms with Crippen molar-refractivity contribution in [2.24, 2.45) is 5.92 Å². The summed E-state index contributed by atoms with van der Waals surface area (Å²) < 4.78 is 0. The van der Waals surface area contributed by atoms with Crippen LogP contribution in [0.25, 0.3) is 0 Å². The molecule has 0 radical (unpaired) electrons. The largest absolute Gasteiger partial charge is 0.311 e. The fraction of sp³-hybridized carbons (Fsp3) is 0.611. The predicted octanol–water partition coefficient (Wildman–Crippen LogP) is 3.09. The van der Waals surface area contributed by atoms with Gasteiger partial charge in [0.15, 0.2) is 0 Å². The van der Waals surface area contributed by atoms with Gasteiger partial charge in [0.05, 0.1) is 6.54 Å². The number of fused-ring (bicyclic) bond motifs is 1. The van der Waals surface area contributed by atoms with E-state index in [4.69, 9.17) is 0 Å². The van der Waals surface area contributed by atoms with Gasteiger partial charge in [-0.2, -0.15) is 0 Å². The molecular formula is C18H26N2O. The number of amides is 1. The highest BCUT2D eigenvalue weighted by molar-refractivity contribution is 5.96. The molecule has 2 aliphatic rings. The normalized spacial score (nSPS) is 18.0. The van der Waals surface area contributed by atoms with Gasteiger partial charge in [-0.15, -0.1) is 0 Å². The molecule has 0 spiro atoms. The molecule has 1 aromatic carbocycles. The van der Waals surface area contributed by atoms with Crippen molar-refractivity contribution < 1.29 is 4.79 Å². The Morgan fingerprint density at radius 3 is 2.90 bits per heavy atom. The van der Waals surface area contributed by atoms with Crippen LogP contribution >= 0.6 is 0 Å². The SMILES string of the molecule is CC(C)c1ccc2c(c1)CCCN2C(=O)CNCC1CC1. The van der Waals surface area contributed by atoms with Gasteiger partial charge < -0.3 is 10.2 Å². The number of nitrogens with one attached hydrogen (secondary N) is 1. The van der Waals surface area contributed by atoms with Crippen LogP contribution in [-0.2, 0) is 11.2 Å². The van der Waals surface area contributed by atoms with E-state index in [2.05, 4.69) is 37.4 Å². The molecule has 0 unspecified atom stereocenters. The molecule has 1 aliphatic heterocycles. The fourth-order valence-corrected chi connectivity index (χ4v) is 3.04. The molecular weight excluding hydrogens is 260 g/mol. The lowest BCUT2D eigenvalue weighted by Gasteiger charge is -2.30. The van der Waals surface area contributed by atoms with Crippen LogP contribution in [0, 0.1) is 5.92 Å². The Balaban J connectivity index is 1.68. The fourth-order valence-electron chi connectivity index (χ4n) is 3.04. The van der Waals surface area contributed by atoms with Crippen LogP contribution in [0.1, 0.15) is 50.2 Å². The molecule has 1 saturated carbocycles. The second kappa shape index (κ2) is 6.18. The maximum absolute atomic E-state index is 12.4. The lowest BCUT2D eigenvalue weighted by atomic mass is 9.95. The third-order valence-corrected chi connectivity index (χ3v) is 4.60.